The second-order valence-electron chi connectivity index (χ2n) is 17.5. The van der Waals surface area contributed by atoms with Crippen molar-refractivity contribution < 1.29 is 63.0 Å². The fourth-order valence-electron chi connectivity index (χ4n) is 9.53. The molecule has 2 aromatic rings. The molecule has 4 aliphatic rings. The molecule has 3 aliphatic carbocycles. The lowest BCUT2D eigenvalue weighted by molar-refractivity contribution is -0.345. The summed E-state index contributed by atoms with van der Waals surface area (Å²) in [6.45, 7) is 12.2. The molecule has 1 heterocycles. The average molecular weight is 792 g/mol. The smallest absolute Gasteiger partial charge is 0.408 e. The molecule has 6 rings (SSSR count). The van der Waals surface area contributed by atoms with Gasteiger partial charge in [0.05, 0.1) is 42.1 Å². The maximum Gasteiger partial charge on any atom is 0.408 e. The quantitative estimate of drug-likeness (QED) is 0.168. The number of hydrogen-bond donors (Lipinski definition) is 4. The fourth-order valence-corrected chi connectivity index (χ4v) is 9.53. The van der Waals surface area contributed by atoms with Gasteiger partial charge in [0.2, 0.25) is 0 Å². The second kappa shape index (κ2) is 14.9. The standard InChI is InChI=1S/C43H53NO13/c1-23-28(54-31(47)19-27(25-15-11-9-12-16-25)44-38(51)57-39(3,4)5)21-43(52)36(55-37(50)26-17-13-10-14-18-26)34-41(8,35(49)33(48)32(23)40(43,6)7)29(46)20-30-42(34,22-53-30)56-24(2)45/h9-18,27-30,33-34,36,46,48,52H,19-22H2,1-8H3,(H,44,51)/t27-,28-,29-,30+,33+,34-,36-,41+,42-,43+/m0/s1. The molecule has 10 atom stereocenters. The monoisotopic (exact) mass is 791 g/mol. The van der Waals surface area contributed by atoms with Crippen molar-refractivity contribution in [3.8, 4) is 0 Å². The number of carbonyl (C=O) groups excluding carboxylic acids is 5. The van der Waals surface area contributed by atoms with Crippen molar-refractivity contribution in [3.63, 3.8) is 0 Å². The first-order valence-electron chi connectivity index (χ1n) is 19.2. The van der Waals surface area contributed by atoms with E-state index in [0.29, 0.717) is 5.56 Å². The van der Waals surface area contributed by atoms with Crippen LogP contribution in [0.1, 0.15) is 96.6 Å². The molecule has 1 saturated heterocycles. The first-order valence-corrected chi connectivity index (χ1v) is 19.2. The lowest BCUT2D eigenvalue weighted by atomic mass is 9.44. The van der Waals surface area contributed by atoms with Gasteiger partial charge in [0, 0.05) is 25.2 Å². The number of aliphatic hydroxyl groups is 3. The van der Waals surface area contributed by atoms with Crippen LogP contribution in [0, 0.1) is 16.7 Å². The third kappa shape index (κ3) is 7.26. The number of hydrogen-bond acceptors (Lipinski definition) is 13. The van der Waals surface area contributed by atoms with Crippen LogP contribution in [0.4, 0.5) is 4.79 Å². The number of benzene rings is 2. The number of carbonyl (C=O) groups is 5. The predicted molar refractivity (Wildman–Crippen MR) is 202 cm³/mol. The van der Waals surface area contributed by atoms with Gasteiger partial charge in [-0.1, -0.05) is 62.4 Å². The van der Waals surface area contributed by atoms with Crippen LogP contribution in [0.5, 0.6) is 0 Å². The number of Topliss-reactive ketones (excluding diaryl/α,β-unsaturated/α-hetero) is 1. The Morgan fingerprint density at radius 1 is 0.965 bits per heavy atom. The van der Waals surface area contributed by atoms with Crippen molar-refractivity contribution in [1.29, 1.82) is 0 Å². The topological polar surface area (TPSA) is 204 Å². The van der Waals surface area contributed by atoms with E-state index in [0.717, 1.165) is 0 Å². The molecule has 1 amide bonds. The first kappa shape index (κ1) is 42.0. The van der Waals surface area contributed by atoms with Gasteiger partial charge in [0.1, 0.15) is 35.6 Å². The molecule has 2 aromatic carbocycles. The Bertz CT molecular complexity index is 1940. The van der Waals surface area contributed by atoms with Crippen LogP contribution in [0.2, 0.25) is 0 Å². The van der Waals surface area contributed by atoms with Crippen LogP contribution < -0.4 is 5.32 Å². The second-order valence-corrected chi connectivity index (χ2v) is 17.5. The third-order valence-electron chi connectivity index (χ3n) is 12.5. The fraction of sp³-hybridized carbons (Fsp3) is 0.558. The summed E-state index contributed by atoms with van der Waals surface area (Å²) in [5.74, 6) is -4.75. The zero-order valence-corrected chi connectivity index (χ0v) is 33.6. The van der Waals surface area contributed by atoms with Crippen molar-refractivity contribution in [2.45, 2.75) is 128 Å². The highest BCUT2D eigenvalue weighted by atomic mass is 16.6. The molecule has 4 N–H and O–H groups in total. The summed E-state index contributed by atoms with van der Waals surface area (Å²) < 4.78 is 29.8. The molecule has 2 bridgehead atoms. The van der Waals surface area contributed by atoms with Gasteiger partial charge in [-0.2, -0.15) is 0 Å². The van der Waals surface area contributed by atoms with Crippen LogP contribution in [0.15, 0.2) is 71.8 Å². The molecule has 308 valence electrons. The SMILES string of the molecule is CC(=O)O[C@@]12CO[C@@H]1C[C@H](O)[C@@]1(C)C(=O)[C@H](O)C3=C(C)[C@@H](OC(=O)C[C@H](NC(=O)OC(C)(C)C)c4ccccc4)C[C@@](O)([C@@H](OC(=O)c4ccccc4)[C@H]21)C3(C)C. The molecular formula is C43H53NO13. The minimum Gasteiger partial charge on any atom is -0.458 e. The third-order valence-corrected chi connectivity index (χ3v) is 12.5. The first-order chi connectivity index (χ1) is 26.6. The Morgan fingerprint density at radius 3 is 2.14 bits per heavy atom. The molecule has 14 nitrogen and oxygen atoms in total. The van der Waals surface area contributed by atoms with E-state index in [-0.39, 0.29) is 36.2 Å². The highest BCUT2D eigenvalue weighted by Gasteiger charge is 2.78. The van der Waals surface area contributed by atoms with Gasteiger partial charge in [-0.15, -0.1) is 0 Å². The van der Waals surface area contributed by atoms with Crippen LogP contribution in [0.3, 0.4) is 0 Å². The van der Waals surface area contributed by atoms with Crippen molar-refractivity contribution in [2.75, 3.05) is 6.61 Å². The van der Waals surface area contributed by atoms with Gasteiger partial charge in [0.25, 0.3) is 0 Å². The summed E-state index contributed by atoms with van der Waals surface area (Å²) in [5.41, 5.74) is -7.31. The van der Waals surface area contributed by atoms with Gasteiger partial charge in [-0.05, 0) is 63.5 Å². The number of fused-ring (bicyclic) bond motifs is 5. The molecule has 57 heavy (non-hydrogen) atoms. The molecule has 0 aromatic heterocycles. The number of esters is 3. The highest BCUT2D eigenvalue weighted by Crippen LogP contribution is 2.64. The zero-order valence-electron chi connectivity index (χ0n) is 33.6. The zero-order chi connectivity index (χ0) is 41.9. The van der Waals surface area contributed by atoms with Crippen LogP contribution in [-0.4, -0.2) is 99.0 Å². The van der Waals surface area contributed by atoms with E-state index in [9.17, 15) is 39.3 Å². The molecule has 0 spiro atoms. The summed E-state index contributed by atoms with van der Waals surface area (Å²) in [7, 11) is 0. The summed E-state index contributed by atoms with van der Waals surface area (Å²) in [6, 6.07) is 15.8. The Labute approximate surface area is 331 Å². The normalized spacial score (nSPS) is 33.5. The summed E-state index contributed by atoms with van der Waals surface area (Å²) in [5, 5.41) is 40.2. The predicted octanol–water partition coefficient (Wildman–Crippen LogP) is 4.29. The number of amides is 1. The van der Waals surface area contributed by atoms with E-state index in [4.69, 9.17) is 23.7 Å². The van der Waals surface area contributed by atoms with E-state index in [1.54, 1.807) is 90.1 Å². The van der Waals surface area contributed by atoms with E-state index in [1.807, 2.05) is 0 Å². The highest BCUT2D eigenvalue weighted by molar-refractivity contribution is 5.94. The number of alkyl carbamates (subject to hydrolysis) is 1. The van der Waals surface area contributed by atoms with E-state index in [1.165, 1.54) is 26.0 Å². The van der Waals surface area contributed by atoms with Gasteiger partial charge in [-0.3, -0.25) is 14.4 Å². The summed E-state index contributed by atoms with van der Waals surface area (Å²) in [4.78, 5) is 68.8. The number of aliphatic hydroxyl groups excluding tert-OH is 2. The van der Waals surface area contributed by atoms with Crippen molar-refractivity contribution in [3.05, 3.63) is 82.9 Å². The minimum atomic E-state index is -2.26. The van der Waals surface area contributed by atoms with Gasteiger partial charge < -0.3 is 44.3 Å². The Balaban J connectivity index is 1.47. The lowest BCUT2D eigenvalue weighted by Gasteiger charge is -2.67. The van der Waals surface area contributed by atoms with Gasteiger partial charge in [-0.25, -0.2) is 9.59 Å². The number of ether oxygens (including phenoxy) is 5. The Morgan fingerprint density at radius 2 is 1.58 bits per heavy atom. The van der Waals surface area contributed by atoms with E-state index in [2.05, 4.69) is 5.32 Å². The summed E-state index contributed by atoms with van der Waals surface area (Å²) in [6.07, 6.45) is -9.11. The molecule has 0 unspecified atom stereocenters. The van der Waals surface area contributed by atoms with Crippen molar-refractivity contribution >= 4 is 29.8 Å². The van der Waals surface area contributed by atoms with Gasteiger partial charge in [0.15, 0.2) is 11.4 Å². The molecule has 2 saturated carbocycles. The molecular weight excluding hydrogens is 738 g/mol. The largest absolute Gasteiger partial charge is 0.458 e. The Kier molecular flexibility index (Phi) is 11.0. The maximum atomic E-state index is 14.9. The molecule has 0 radical (unpaired) electrons. The van der Waals surface area contributed by atoms with E-state index >= 15 is 0 Å². The molecule has 3 fully saturated rings. The molecule has 1 aliphatic heterocycles. The molecule has 14 heteroatoms. The number of nitrogens with one attached hydrogen (secondary N) is 1. The van der Waals surface area contributed by atoms with Crippen LogP contribution >= 0.6 is 0 Å². The van der Waals surface area contributed by atoms with Crippen LogP contribution in [-0.2, 0) is 38.1 Å². The van der Waals surface area contributed by atoms with Gasteiger partial charge >= 0.3 is 24.0 Å². The van der Waals surface area contributed by atoms with Crippen LogP contribution in [0.25, 0.3) is 0 Å². The minimum absolute atomic E-state index is 0.0201. The summed E-state index contributed by atoms with van der Waals surface area (Å²) >= 11 is 0. The maximum absolute atomic E-state index is 14.9. The van der Waals surface area contributed by atoms with Crippen molar-refractivity contribution in [1.82, 2.24) is 5.32 Å². The number of ketones is 1. The Hall–Kier alpha value is -4.63. The lowest BCUT2D eigenvalue weighted by Crippen LogP contribution is -2.81. The average Bonchev–Trinajstić information content (AvgIpc) is 3.12. The van der Waals surface area contributed by atoms with Crippen molar-refractivity contribution in [2.24, 2.45) is 16.7 Å². The van der Waals surface area contributed by atoms with E-state index < -0.39 is 106 Å². The number of rotatable bonds is 8.